The van der Waals surface area contributed by atoms with Crippen molar-refractivity contribution in [2.45, 2.75) is 20.4 Å². The molecule has 0 spiro atoms. The number of nitrogen functional groups attached to an aromatic ring is 1. The molecule has 2 aromatic heterocycles. The van der Waals surface area contributed by atoms with E-state index in [0.29, 0.717) is 23.6 Å². The number of nitrogens with two attached hydrogens (primary N) is 1. The molecule has 4 nitrogen and oxygen atoms in total. The summed E-state index contributed by atoms with van der Waals surface area (Å²) in [4.78, 5) is 6.71. The number of nitrogens with zero attached hydrogens (tertiary/aromatic N) is 2. The van der Waals surface area contributed by atoms with Gasteiger partial charge in [0.2, 0.25) is 0 Å². The summed E-state index contributed by atoms with van der Waals surface area (Å²) in [6.07, 6.45) is 1.52. The zero-order valence-electron chi connectivity index (χ0n) is 10.3. The third-order valence-corrected chi connectivity index (χ3v) is 3.85. The lowest BCUT2D eigenvalue weighted by Gasteiger charge is -2.06. The zero-order chi connectivity index (χ0) is 13.1. The first-order chi connectivity index (χ1) is 8.60. The summed E-state index contributed by atoms with van der Waals surface area (Å²) in [5, 5.41) is 11.9. The van der Waals surface area contributed by atoms with Crippen LogP contribution in [0.15, 0.2) is 18.3 Å². The second-order valence-electron chi connectivity index (χ2n) is 4.08. The fourth-order valence-electron chi connectivity index (χ4n) is 1.60. The van der Waals surface area contributed by atoms with Gasteiger partial charge in [-0.1, -0.05) is 0 Å². The van der Waals surface area contributed by atoms with Crippen molar-refractivity contribution in [3.63, 3.8) is 0 Å². The van der Waals surface area contributed by atoms with Crippen molar-refractivity contribution < 1.29 is 0 Å². The number of thiophene rings is 1. The Balaban J connectivity index is 2.09. The maximum absolute atomic E-state index is 8.73. The van der Waals surface area contributed by atoms with Gasteiger partial charge in [-0.2, -0.15) is 5.26 Å². The molecule has 0 aromatic carbocycles. The van der Waals surface area contributed by atoms with Gasteiger partial charge in [-0.3, -0.25) is 0 Å². The van der Waals surface area contributed by atoms with Gasteiger partial charge in [-0.25, -0.2) is 4.98 Å². The van der Waals surface area contributed by atoms with Crippen molar-refractivity contribution in [1.29, 1.82) is 5.26 Å². The minimum atomic E-state index is 0.473. The summed E-state index contributed by atoms with van der Waals surface area (Å²) in [7, 11) is 0. The van der Waals surface area contributed by atoms with E-state index in [9.17, 15) is 0 Å². The van der Waals surface area contributed by atoms with E-state index in [4.69, 9.17) is 11.0 Å². The first-order valence-electron chi connectivity index (χ1n) is 5.55. The van der Waals surface area contributed by atoms with Gasteiger partial charge in [0.05, 0.1) is 17.8 Å². The van der Waals surface area contributed by atoms with E-state index in [1.807, 2.05) is 6.07 Å². The van der Waals surface area contributed by atoms with Gasteiger partial charge in [0.15, 0.2) is 0 Å². The van der Waals surface area contributed by atoms with Crippen LogP contribution in [0.3, 0.4) is 0 Å². The van der Waals surface area contributed by atoms with E-state index >= 15 is 0 Å². The van der Waals surface area contributed by atoms with Crippen molar-refractivity contribution >= 4 is 22.8 Å². The van der Waals surface area contributed by atoms with E-state index in [-0.39, 0.29) is 0 Å². The largest absolute Gasteiger partial charge is 0.396 e. The highest BCUT2D eigenvalue weighted by Crippen LogP contribution is 2.22. The molecule has 0 atom stereocenters. The average molecular weight is 258 g/mol. The van der Waals surface area contributed by atoms with Crippen molar-refractivity contribution in [2.24, 2.45) is 0 Å². The van der Waals surface area contributed by atoms with Crippen LogP contribution < -0.4 is 11.1 Å². The van der Waals surface area contributed by atoms with Crippen LogP contribution in [0.4, 0.5) is 11.5 Å². The number of nitrogens with one attached hydrogen (secondary N) is 1. The minimum absolute atomic E-state index is 0.473. The molecular formula is C13H14N4S. The van der Waals surface area contributed by atoms with Crippen LogP contribution >= 0.6 is 11.3 Å². The topological polar surface area (TPSA) is 74.7 Å². The smallest absolute Gasteiger partial charge is 0.149 e. The normalized spacial score (nSPS) is 10.1. The number of hydrogen-bond acceptors (Lipinski definition) is 5. The fourth-order valence-corrected chi connectivity index (χ4v) is 2.59. The zero-order valence-corrected chi connectivity index (χ0v) is 11.1. The van der Waals surface area contributed by atoms with Crippen LogP contribution in [0.2, 0.25) is 0 Å². The maximum Gasteiger partial charge on any atom is 0.149 e. The summed E-state index contributed by atoms with van der Waals surface area (Å²) in [5.41, 5.74) is 8.10. The second kappa shape index (κ2) is 5.07. The molecule has 0 aliphatic carbocycles. The van der Waals surface area contributed by atoms with Crippen molar-refractivity contribution in [3.05, 3.63) is 39.2 Å². The van der Waals surface area contributed by atoms with Crippen molar-refractivity contribution in [1.82, 2.24) is 4.98 Å². The Kier molecular flexibility index (Phi) is 3.49. The van der Waals surface area contributed by atoms with E-state index < -0.39 is 0 Å². The Morgan fingerprint density at radius 3 is 2.78 bits per heavy atom. The maximum atomic E-state index is 8.73. The molecule has 3 N–H and O–H groups in total. The predicted molar refractivity (Wildman–Crippen MR) is 74.5 cm³/mol. The van der Waals surface area contributed by atoms with E-state index in [0.717, 1.165) is 0 Å². The molecule has 2 heterocycles. The first kappa shape index (κ1) is 12.4. The van der Waals surface area contributed by atoms with Crippen LogP contribution in [-0.2, 0) is 6.54 Å². The van der Waals surface area contributed by atoms with Crippen molar-refractivity contribution in [3.8, 4) is 6.07 Å². The summed E-state index contributed by atoms with van der Waals surface area (Å²) in [6.45, 7) is 4.91. The third-order valence-electron chi connectivity index (χ3n) is 2.69. The van der Waals surface area contributed by atoms with Crippen LogP contribution in [0.25, 0.3) is 0 Å². The Bertz CT molecular complexity index is 590. The molecule has 0 saturated heterocycles. The average Bonchev–Trinajstić information content (AvgIpc) is 2.67. The number of hydrogen-bond donors (Lipinski definition) is 2. The quantitative estimate of drug-likeness (QED) is 0.887. The monoisotopic (exact) mass is 258 g/mol. The lowest BCUT2D eigenvalue weighted by molar-refractivity contribution is 1.14. The van der Waals surface area contributed by atoms with Crippen molar-refractivity contribution in [2.75, 3.05) is 11.1 Å². The Hall–Kier alpha value is -2.06. The summed E-state index contributed by atoms with van der Waals surface area (Å²) in [6, 6.07) is 5.80. The Morgan fingerprint density at radius 2 is 2.22 bits per heavy atom. The van der Waals surface area contributed by atoms with Gasteiger partial charge in [-0.05, 0) is 31.5 Å². The van der Waals surface area contributed by atoms with Crippen LogP contribution in [-0.4, -0.2) is 4.98 Å². The molecule has 2 rings (SSSR count). The number of nitriles is 1. The highest BCUT2D eigenvalue weighted by molar-refractivity contribution is 7.12. The predicted octanol–water partition coefficient (Wildman–Crippen LogP) is 2.83. The first-order valence-corrected chi connectivity index (χ1v) is 6.37. The third kappa shape index (κ3) is 2.60. The molecule has 0 aliphatic heterocycles. The van der Waals surface area contributed by atoms with Gasteiger partial charge >= 0.3 is 0 Å². The summed E-state index contributed by atoms with van der Waals surface area (Å²) >= 11 is 1.76. The molecule has 0 bridgehead atoms. The van der Waals surface area contributed by atoms with E-state index in [2.05, 4.69) is 30.2 Å². The lowest BCUT2D eigenvalue weighted by atomic mass is 10.2. The number of pyridine rings is 1. The molecule has 92 valence electrons. The molecule has 0 unspecified atom stereocenters. The van der Waals surface area contributed by atoms with Crippen LogP contribution in [0, 0.1) is 25.2 Å². The van der Waals surface area contributed by atoms with Gasteiger partial charge in [-0.15, -0.1) is 11.3 Å². The number of aryl methyl sites for hydroxylation is 2. The van der Waals surface area contributed by atoms with Gasteiger partial charge in [0.25, 0.3) is 0 Å². The SMILES string of the molecule is Cc1cc(CNc2ncc(C#N)cc2N)sc1C. The molecule has 0 amide bonds. The molecule has 0 aliphatic rings. The molecule has 5 heteroatoms. The number of rotatable bonds is 3. The molecule has 0 fully saturated rings. The molecular weight excluding hydrogens is 244 g/mol. The van der Waals surface area contributed by atoms with E-state index in [1.165, 1.54) is 21.5 Å². The van der Waals surface area contributed by atoms with Gasteiger partial charge < -0.3 is 11.1 Å². The second-order valence-corrected chi connectivity index (χ2v) is 5.42. The highest BCUT2D eigenvalue weighted by Gasteiger charge is 2.05. The van der Waals surface area contributed by atoms with Crippen LogP contribution in [0.1, 0.15) is 20.9 Å². The number of anilines is 2. The molecule has 0 saturated carbocycles. The molecule has 0 radical (unpaired) electrons. The minimum Gasteiger partial charge on any atom is -0.396 e. The Morgan fingerprint density at radius 1 is 1.44 bits per heavy atom. The highest BCUT2D eigenvalue weighted by atomic mass is 32.1. The van der Waals surface area contributed by atoms with Gasteiger partial charge in [0, 0.05) is 16.0 Å². The molecule has 18 heavy (non-hydrogen) atoms. The standard InChI is InChI=1S/C13H14N4S/c1-8-3-11(18-9(8)2)7-17-13-12(15)4-10(5-14)6-16-13/h3-4,6H,7,15H2,1-2H3,(H,16,17). The number of aromatic nitrogens is 1. The lowest BCUT2D eigenvalue weighted by Crippen LogP contribution is -2.03. The van der Waals surface area contributed by atoms with Crippen LogP contribution in [0.5, 0.6) is 0 Å². The molecule has 2 aromatic rings. The summed E-state index contributed by atoms with van der Waals surface area (Å²) < 4.78 is 0. The van der Waals surface area contributed by atoms with Gasteiger partial charge in [0.1, 0.15) is 11.9 Å². The fraction of sp³-hybridized carbons (Fsp3) is 0.231. The summed E-state index contributed by atoms with van der Waals surface area (Å²) in [5.74, 6) is 0.623. The Labute approximate surface area is 110 Å². The van der Waals surface area contributed by atoms with E-state index in [1.54, 1.807) is 17.4 Å².